The molecule has 1 rings (SSSR count). The first kappa shape index (κ1) is 11.6. The topological polar surface area (TPSA) is 29.5 Å². The molecule has 0 aliphatic carbocycles. The summed E-state index contributed by atoms with van der Waals surface area (Å²) in [5, 5.41) is 0. The maximum atomic E-state index is 11.6. The van der Waals surface area contributed by atoms with Crippen molar-refractivity contribution >= 4 is 17.7 Å². The molecule has 0 aromatic rings. The average Bonchev–Trinajstić information content (AvgIpc) is 2.01. The van der Waals surface area contributed by atoms with Crippen LogP contribution >= 0.6 is 11.6 Å². The monoisotopic (exact) mass is 219 g/mol. The lowest BCUT2D eigenvalue weighted by molar-refractivity contribution is 0.0508. The van der Waals surface area contributed by atoms with Crippen LogP contribution in [0.15, 0.2) is 0 Å². The quantitative estimate of drug-likeness (QED) is 0.635. The zero-order valence-electron chi connectivity index (χ0n) is 9.00. The van der Waals surface area contributed by atoms with Crippen LogP contribution in [0.5, 0.6) is 0 Å². The lowest BCUT2D eigenvalue weighted by Crippen LogP contribution is -2.48. The van der Waals surface area contributed by atoms with E-state index in [1.165, 1.54) is 6.42 Å². The van der Waals surface area contributed by atoms with Crippen molar-refractivity contribution in [1.82, 2.24) is 4.90 Å². The van der Waals surface area contributed by atoms with Gasteiger partial charge in [-0.25, -0.2) is 4.79 Å². The lowest BCUT2D eigenvalue weighted by Gasteiger charge is -2.38. The van der Waals surface area contributed by atoms with Crippen molar-refractivity contribution in [2.24, 2.45) is 0 Å². The van der Waals surface area contributed by atoms with Crippen LogP contribution in [0.1, 0.15) is 40.0 Å². The van der Waals surface area contributed by atoms with Crippen LogP contribution in [0.2, 0.25) is 0 Å². The van der Waals surface area contributed by atoms with Gasteiger partial charge < -0.3 is 9.64 Å². The molecule has 0 saturated carbocycles. The van der Waals surface area contributed by atoms with Crippen molar-refractivity contribution in [2.75, 3.05) is 0 Å². The van der Waals surface area contributed by atoms with Gasteiger partial charge in [0.05, 0.1) is 0 Å². The molecule has 1 amide bonds. The minimum atomic E-state index is -0.552. The van der Waals surface area contributed by atoms with Crippen molar-refractivity contribution in [1.29, 1.82) is 0 Å². The smallest absolute Gasteiger partial charge is 0.411 e. The number of likely N-dealkylation sites (tertiary alicyclic amines) is 1. The Morgan fingerprint density at radius 2 is 1.93 bits per heavy atom. The van der Waals surface area contributed by atoms with E-state index in [9.17, 15) is 4.79 Å². The highest BCUT2D eigenvalue weighted by Gasteiger charge is 2.30. The molecular formula is C10H18ClNO2. The van der Waals surface area contributed by atoms with E-state index < -0.39 is 5.56 Å². The molecule has 0 aromatic heterocycles. The van der Waals surface area contributed by atoms with Crippen molar-refractivity contribution in [2.45, 2.75) is 57.7 Å². The number of rotatable bonds is 1. The molecule has 1 aliphatic heterocycles. The van der Waals surface area contributed by atoms with Gasteiger partial charge in [-0.3, -0.25) is 0 Å². The van der Waals surface area contributed by atoms with Gasteiger partial charge in [-0.2, -0.15) is 0 Å². The number of carbonyl (C=O) groups is 1. The fraction of sp³-hybridized carbons (Fsp3) is 0.900. The van der Waals surface area contributed by atoms with Crippen LogP contribution in [-0.4, -0.2) is 28.6 Å². The number of carbonyl (C=O) groups excluding carboxylic acids is 1. The molecule has 0 radical (unpaired) electrons. The highest BCUT2D eigenvalue weighted by molar-refractivity contribution is 6.19. The van der Waals surface area contributed by atoms with Gasteiger partial charge in [0, 0.05) is 12.1 Å². The summed E-state index contributed by atoms with van der Waals surface area (Å²) in [5.74, 6) is 0. The summed E-state index contributed by atoms with van der Waals surface area (Å²) in [6.45, 7) is 5.75. The molecule has 1 fully saturated rings. The summed E-state index contributed by atoms with van der Waals surface area (Å²) in [6, 6.07) is 0.531. The molecule has 3 nitrogen and oxygen atoms in total. The number of nitrogens with zero attached hydrogens (tertiary/aromatic N) is 1. The minimum Gasteiger partial charge on any atom is -0.430 e. The van der Waals surface area contributed by atoms with Gasteiger partial charge >= 0.3 is 6.09 Å². The Labute approximate surface area is 90.4 Å². The third-order valence-electron chi connectivity index (χ3n) is 2.67. The number of ether oxygens (including phenoxy) is 1. The number of piperidine rings is 1. The van der Waals surface area contributed by atoms with E-state index in [4.69, 9.17) is 16.3 Å². The predicted molar refractivity (Wildman–Crippen MR) is 56.4 cm³/mol. The Hall–Kier alpha value is -0.440. The number of hydrogen-bond acceptors (Lipinski definition) is 2. The molecule has 0 bridgehead atoms. The molecule has 0 aromatic carbocycles. The van der Waals surface area contributed by atoms with Crippen LogP contribution < -0.4 is 0 Å². The molecule has 1 heterocycles. The van der Waals surface area contributed by atoms with Gasteiger partial charge in [0.1, 0.15) is 0 Å². The lowest BCUT2D eigenvalue weighted by atomic mass is 9.98. The summed E-state index contributed by atoms with van der Waals surface area (Å²) < 4.78 is 4.98. The Balaban J connectivity index is 2.58. The molecule has 0 N–H and O–H groups in total. The Morgan fingerprint density at radius 3 is 2.36 bits per heavy atom. The largest absolute Gasteiger partial charge is 0.430 e. The summed E-state index contributed by atoms with van der Waals surface area (Å²) >= 11 is 5.62. The van der Waals surface area contributed by atoms with Crippen molar-refractivity contribution in [3.63, 3.8) is 0 Å². The van der Waals surface area contributed by atoms with Crippen LogP contribution in [0.4, 0.5) is 4.79 Å². The molecule has 1 aliphatic rings. The van der Waals surface area contributed by atoms with E-state index in [0.29, 0.717) is 0 Å². The Bertz CT molecular complexity index is 198. The molecule has 0 spiro atoms. The molecule has 3 atom stereocenters. The van der Waals surface area contributed by atoms with Gasteiger partial charge in [-0.05, 0) is 40.0 Å². The van der Waals surface area contributed by atoms with Gasteiger partial charge in [0.15, 0.2) is 5.56 Å². The third-order valence-corrected chi connectivity index (χ3v) is 2.76. The molecular weight excluding hydrogens is 202 g/mol. The van der Waals surface area contributed by atoms with Crippen LogP contribution in [0.3, 0.4) is 0 Å². The second-order valence-corrected chi connectivity index (χ2v) is 4.58. The van der Waals surface area contributed by atoms with Gasteiger partial charge in [0.25, 0.3) is 0 Å². The highest BCUT2D eigenvalue weighted by atomic mass is 35.5. The van der Waals surface area contributed by atoms with Crippen LogP contribution in [0, 0.1) is 0 Å². The molecule has 3 unspecified atom stereocenters. The van der Waals surface area contributed by atoms with Crippen LogP contribution in [0.25, 0.3) is 0 Å². The molecule has 1 saturated heterocycles. The zero-order chi connectivity index (χ0) is 10.7. The van der Waals surface area contributed by atoms with Crippen molar-refractivity contribution in [3.05, 3.63) is 0 Å². The van der Waals surface area contributed by atoms with Crippen molar-refractivity contribution < 1.29 is 9.53 Å². The average molecular weight is 220 g/mol. The molecule has 82 valence electrons. The number of alkyl halides is 1. The van der Waals surface area contributed by atoms with Gasteiger partial charge in [0.2, 0.25) is 0 Å². The Morgan fingerprint density at radius 1 is 1.43 bits per heavy atom. The van der Waals surface area contributed by atoms with Gasteiger partial charge in [-0.15, -0.1) is 0 Å². The highest BCUT2D eigenvalue weighted by Crippen LogP contribution is 2.23. The van der Waals surface area contributed by atoms with Crippen molar-refractivity contribution in [3.8, 4) is 0 Å². The van der Waals surface area contributed by atoms with E-state index in [2.05, 4.69) is 13.8 Å². The summed E-state index contributed by atoms with van der Waals surface area (Å²) in [6.07, 6.45) is 3.00. The predicted octanol–water partition coefficient (Wildman–Crippen LogP) is 2.97. The number of halogens is 1. The second kappa shape index (κ2) is 4.87. The maximum absolute atomic E-state index is 11.6. The Kier molecular flexibility index (Phi) is 4.05. The van der Waals surface area contributed by atoms with E-state index in [-0.39, 0.29) is 18.2 Å². The first-order valence-electron chi connectivity index (χ1n) is 5.15. The minimum absolute atomic E-state index is 0.265. The standard InChI is InChI=1S/C10H18ClNO2/c1-7-5-4-6-8(2)12(7)10(13)14-9(3)11/h7-9H,4-6H2,1-3H3. The fourth-order valence-corrected chi connectivity index (χ4v) is 2.06. The van der Waals surface area contributed by atoms with E-state index in [1.807, 2.05) is 0 Å². The van der Waals surface area contributed by atoms with E-state index >= 15 is 0 Å². The SMILES string of the molecule is CC(Cl)OC(=O)N1C(C)CCCC1C. The van der Waals surface area contributed by atoms with E-state index in [0.717, 1.165) is 12.8 Å². The van der Waals surface area contributed by atoms with Crippen LogP contribution in [-0.2, 0) is 4.74 Å². The van der Waals surface area contributed by atoms with E-state index in [1.54, 1.807) is 11.8 Å². The molecule has 14 heavy (non-hydrogen) atoms. The number of amides is 1. The summed E-state index contributed by atoms with van der Waals surface area (Å²) in [5.41, 5.74) is -0.552. The first-order valence-corrected chi connectivity index (χ1v) is 5.59. The summed E-state index contributed by atoms with van der Waals surface area (Å²) in [4.78, 5) is 13.4. The molecule has 4 heteroatoms. The second-order valence-electron chi connectivity index (χ2n) is 3.96. The number of hydrogen-bond donors (Lipinski definition) is 0. The zero-order valence-corrected chi connectivity index (χ0v) is 9.75. The maximum Gasteiger partial charge on any atom is 0.411 e. The van der Waals surface area contributed by atoms with Gasteiger partial charge in [-0.1, -0.05) is 11.6 Å². The fourth-order valence-electron chi connectivity index (χ4n) is 1.98. The first-order chi connectivity index (χ1) is 6.52. The summed E-state index contributed by atoms with van der Waals surface area (Å²) in [7, 11) is 0. The third kappa shape index (κ3) is 2.77. The normalized spacial score (nSPS) is 29.9.